The number of pyridine rings is 1. The summed E-state index contributed by atoms with van der Waals surface area (Å²) in [5, 5.41) is 3.09. The Morgan fingerprint density at radius 3 is 2.81 bits per heavy atom. The average molecular weight is 385 g/mol. The normalized spacial score (nSPS) is 17.9. The molecule has 0 spiro atoms. The minimum atomic E-state index is -0.240. The van der Waals surface area contributed by atoms with Gasteiger partial charge in [0, 0.05) is 48.8 Å². The number of ether oxygens (including phenoxy) is 2. The number of H-pyrrole nitrogens is 1. The van der Waals surface area contributed by atoms with Gasteiger partial charge in [-0.25, -0.2) is 14.8 Å². The first-order valence-electron chi connectivity index (χ1n) is 8.92. The molecule has 140 valence electrons. The van der Waals surface area contributed by atoms with E-state index in [4.69, 9.17) is 9.47 Å². The van der Waals surface area contributed by atoms with Crippen molar-refractivity contribution in [2.75, 3.05) is 44.3 Å². The minimum absolute atomic E-state index is 0.0839. The molecule has 0 unspecified atom stereocenters. The van der Waals surface area contributed by atoms with Crippen LogP contribution in [0.15, 0.2) is 29.2 Å². The number of rotatable bonds is 3. The highest BCUT2D eigenvalue weighted by atomic mass is 32.1. The number of amides is 1. The Morgan fingerprint density at radius 1 is 1.26 bits per heavy atom. The molecule has 5 heterocycles. The van der Waals surface area contributed by atoms with Crippen LogP contribution in [-0.2, 0) is 9.47 Å². The molecule has 1 amide bonds. The Hall–Kier alpha value is -2.65. The number of thiazole rings is 1. The molecule has 9 heteroatoms. The summed E-state index contributed by atoms with van der Waals surface area (Å²) in [6.07, 6.45) is 1.49. The zero-order valence-corrected chi connectivity index (χ0v) is 15.4. The number of aromatic nitrogens is 3. The second-order valence-electron chi connectivity index (χ2n) is 6.67. The highest BCUT2D eigenvalue weighted by molar-refractivity contribution is 7.07. The number of anilines is 1. The van der Waals surface area contributed by atoms with E-state index in [0.29, 0.717) is 26.3 Å². The van der Waals surface area contributed by atoms with Crippen molar-refractivity contribution in [2.24, 2.45) is 0 Å². The molecule has 27 heavy (non-hydrogen) atoms. The van der Waals surface area contributed by atoms with E-state index in [1.807, 2.05) is 23.2 Å². The Kier molecular flexibility index (Phi) is 4.17. The third-order valence-electron chi connectivity index (χ3n) is 4.97. The van der Waals surface area contributed by atoms with Crippen LogP contribution in [0.5, 0.6) is 0 Å². The number of hydrogen-bond donors (Lipinski definition) is 1. The molecule has 0 radical (unpaired) electrons. The summed E-state index contributed by atoms with van der Waals surface area (Å²) in [5.41, 5.74) is 5.69. The number of carbonyl (C=O) groups is 1. The van der Waals surface area contributed by atoms with E-state index in [1.54, 1.807) is 16.2 Å². The lowest BCUT2D eigenvalue weighted by Gasteiger charge is -2.37. The Morgan fingerprint density at radius 2 is 2.11 bits per heavy atom. The lowest BCUT2D eigenvalue weighted by molar-refractivity contribution is -0.104. The topological polar surface area (TPSA) is 83.6 Å². The lowest BCUT2D eigenvalue weighted by Crippen LogP contribution is -2.51. The molecule has 0 bridgehead atoms. The van der Waals surface area contributed by atoms with Crippen molar-refractivity contribution in [1.29, 1.82) is 0 Å². The number of carbonyl (C=O) groups excluding carboxylic acids is 1. The van der Waals surface area contributed by atoms with Gasteiger partial charge < -0.3 is 24.3 Å². The maximum absolute atomic E-state index is 12.2. The molecule has 0 aliphatic carbocycles. The van der Waals surface area contributed by atoms with Crippen LogP contribution in [0.4, 0.5) is 10.5 Å². The van der Waals surface area contributed by atoms with Crippen LogP contribution >= 0.6 is 11.3 Å². The number of nitrogens with one attached hydrogen (secondary N) is 1. The molecular weight excluding hydrogens is 366 g/mol. The van der Waals surface area contributed by atoms with Crippen LogP contribution in [0.1, 0.15) is 0 Å². The quantitative estimate of drug-likeness (QED) is 0.745. The average Bonchev–Trinajstić information content (AvgIpc) is 3.33. The van der Waals surface area contributed by atoms with Gasteiger partial charge in [0.25, 0.3) is 0 Å². The van der Waals surface area contributed by atoms with Crippen molar-refractivity contribution in [1.82, 2.24) is 19.9 Å². The fourth-order valence-electron chi connectivity index (χ4n) is 3.40. The van der Waals surface area contributed by atoms with Gasteiger partial charge >= 0.3 is 6.09 Å². The number of nitrogens with zero attached hydrogens (tertiary/aromatic N) is 4. The zero-order chi connectivity index (χ0) is 18.2. The summed E-state index contributed by atoms with van der Waals surface area (Å²) in [5.74, 6) is 0. The van der Waals surface area contributed by atoms with Crippen LogP contribution in [0.3, 0.4) is 0 Å². The van der Waals surface area contributed by atoms with E-state index < -0.39 is 0 Å². The molecular formula is C18H19N5O3S. The van der Waals surface area contributed by atoms with Gasteiger partial charge in [0.05, 0.1) is 30.1 Å². The smallest absolute Gasteiger partial charge is 0.410 e. The molecule has 2 saturated heterocycles. The van der Waals surface area contributed by atoms with Gasteiger partial charge in [-0.05, 0) is 12.1 Å². The molecule has 2 aliphatic rings. The second kappa shape index (κ2) is 6.82. The minimum Gasteiger partial charge on any atom is -0.441 e. The van der Waals surface area contributed by atoms with E-state index in [2.05, 4.69) is 25.9 Å². The molecule has 5 rings (SSSR count). The molecule has 8 nitrogen and oxygen atoms in total. The van der Waals surface area contributed by atoms with Crippen LogP contribution < -0.4 is 4.90 Å². The standard InChI is InChI=1S/C18H19N5O3S/c24-18(26-12-8-25-9-12)23-5-3-22(4-6-23)16-1-2-19-17-13(16)7-14(21-17)15-10-27-11-20-15/h1-2,7,10-12H,3-6,8-9H2,(H,19,21). The van der Waals surface area contributed by atoms with E-state index in [9.17, 15) is 4.79 Å². The first-order chi connectivity index (χ1) is 13.3. The van der Waals surface area contributed by atoms with Crippen LogP contribution in [0, 0.1) is 0 Å². The van der Waals surface area contributed by atoms with Gasteiger partial charge in [0.1, 0.15) is 5.65 Å². The summed E-state index contributed by atoms with van der Waals surface area (Å²) in [6, 6.07) is 4.13. The summed E-state index contributed by atoms with van der Waals surface area (Å²) in [7, 11) is 0. The molecule has 3 aromatic rings. The maximum Gasteiger partial charge on any atom is 0.410 e. The van der Waals surface area contributed by atoms with Gasteiger partial charge in [-0.2, -0.15) is 0 Å². The van der Waals surface area contributed by atoms with Gasteiger partial charge in [-0.3, -0.25) is 0 Å². The van der Waals surface area contributed by atoms with Crippen LogP contribution in [0.25, 0.3) is 22.4 Å². The van der Waals surface area contributed by atoms with Crippen molar-refractivity contribution >= 4 is 34.2 Å². The van der Waals surface area contributed by atoms with Crippen molar-refractivity contribution in [3.63, 3.8) is 0 Å². The van der Waals surface area contributed by atoms with Gasteiger partial charge in [0.2, 0.25) is 0 Å². The van der Waals surface area contributed by atoms with Crippen molar-refractivity contribution < 1.29 is 14.3 Å². The fraction of sp³-hybridized carbons (Fsp3) is 0.389. The predicted octanol–water partition coefficient (Wildman–Crippen LogP) is 2.34. The SMILES string of the molecule is O=C(OC1COC1)N1CCN(c2ccnc3[nH]c(-c4cscn4)cc23)CC1. The third-order valence-corrected chi connectivity index (χ3v) is 5.56. The molecule has 0 aromatic carbocycles. The van der Waals surface area contributed by atoms with E-state index >= 15 is 0 Å². The second-order valence-corrected chi connectivity index (χ2v) is 7.39. The first-order valence-corrected chi connectivity index (χ1v) is 9.87. The Labute approximate surface area is 159 Å². The van der Waals surface area contributed by atoms with E-state index in [0.717, 1.165) is 41.2 Å². The summed E-state index contributed by atoms with van der Waals surface area (Å²) in [6.45, 7) is 3.81. The number of aromatic amines is 1. The monoisotopic (exact) mass is 385 g/mol. The maximum atomic E-state index is 12.2. The Balaban J connectivity index is 1.32. The molecule has 2 aliphatic heterocycles. The summed E-state index contributed by atoms with van der Waals surface area (Å²) < 4.78 is 10.5. The van der Waals surface area contributed by atoms with E-state index in [-0.39, 0.29) is 12.2 Å². The van der Waals surface area contributed by atoms with Gasteiger partial charge in [0.15, 0.2) is 6.10 Å². The van der Waals surface area contributed by atoms with E-state index in [1.165, 1.54) is 0 Å². The molecule has 1 N–H and O–H groups in total. The fourth-order valence-corrected chi connectivity index (χ4v) is 3.95. The molecule has 0 saturated carbocycles. The number of hydrogen-bond acceptors (Lipinski definition) is 7. The summed E-state index contributed by atoms with van der Waals surface area (Å²) in [4.78, 5) is 28.4. The Bertz CT molecular complexity index is 945. The van der Waals surface area contributed by atoms with Crippen molar-refractivity contribution in [3.05, 3.63) is 29.2 Å². The lowest BCUT2D eigenvalue weighted by atomic mass is 10.2. The van der Waals surface area contributed by atoms with Gasteiger partial charge in [-0.1, -0.05) is 0 Å². The predicted molar refractivity (Wildman–Crippen MR) is 102 cm³/mol. The first kappa shape index (κ1) is 16.5. The third kappa shape index (κ3) is 3.13. The molecule has 3 aromatic heterocycles. The van der Waals surface area contributed by atoms with Crippen molar-refractivity contribution in [2.45, 2.75) is 6.10 Å². The highest BCUT2D eigenvalue weighted by Gasteiger charge is 2.28. The highest BCUT2D eigenvalue weighted by Crippen LogP contribution is 2.30. The molecule has 0 atom stereocenters. The summed E-state index contributed by atoms with van der Waals surface area (Å²) >= 11 is 1.57. The van der Waals surface area contributed by atoms with Crippen LogP contribution in [-0.4, -0.2) is 71.4 Å². The molecule has 2 fully saturated rings. The number of piperazine rings is 1. The van der Waals surface area contributed by atoms with Gasteiger partial charge in [-0.15, -0.1) is 11.3 Å². The zero-order valence-electron chi connectivity index (χ0n) is 14.6. The largest absolute Gasteiger partial charge is 0.441 e. The number of fused-ring (bicyclic) bond motifs is 1. The van der Waals surface area contributed by atoms with Crippen LogP contribution in [0.2, 0.25) is 0 Å². The van der Waals surface area contributed by atoms with Crippen molar-refractivity contribution in [3.8, 4) is 11.4 Å².